The minimum Gasteiger partial charge on any atom is -0.409 e. The number of hydrogen-bond acceptors (Lipinski definition) is 4. The molecule has 1 rings (SSSR count). The molecule has 0 unspecified atom stereocenters. The molecule has 0 spiro atoms. The number of hydrogen-bond donors (Lipinski definition) is 3. The fraction of sp³-hybridized carbons (Fsp3) is 0.818. The molecule has 98 valence electrons. The van der Waals surface area contributed by atoms with Gasteiger partial charge in [0.15, 0.2) is 5.84 Å². The maximum absolute atomic E-state index is 12.1. The van der Waals surface area contributed by atoms with Crippen LogP contribution in [0.2, 0.25) is 0 Å². The number of oxime groups is 1. The molecular formula is C11H21N3O3. The maximum Gasteiger partial charge on any atom is 0.235 e. The molecule has 6 heteroatoms. The molecule has 1 saturated carbocycles. The van der Waals surface area contributed by atoms with Crippen LogP contribution in [-0.2, 0) is 4.79 Å². The highest BCUT2D eigenvalue weighted by molar-refractivity contribution is 6.05. The topological polar surface area (TPSA) is 99.2 Å². The van der Waals surface area contributed by atoms with E-state index in [0.717, 1.165) is 12.8 Å². The zero-order valence-electron chi connectivity index (χ0n) is 10.6. The fourth-order valence-electron chi connectivity index (χ4n) is 2.03. The van der Waals surface area contributed by atoms with E-state index in [-0.39, 0.29) is 17.8 Å². The third-order valence-corrected chi connectivity index (χ3v) is 3.37. The van der Waals surface area contributed by atoms with Gasteiger partial charge >= 0.3 is 0 Å². The highest BCUT2D eigenvalue weighted by Gasteiger charge is 2.37. The molecule has 0 atom stereocenters. The second kappa shape index (κ2) is 4.91. The van der Waals surface area contributed by atoms with E-state index in [1.165, 1.54) is 0 Å². The molecule has 4 N–H and O–H groups in total. The van der Waals surface area contributed by atoms with Crippen LogP contribution in [0.15, 0.2) is 5.16 Å². The van der Waals surface area contributed by atoms with Crippen molar-refractivity contribution < 1.29 is 15.1 Å². The molecular weight excluding hydrogens is 222 g/mol. The molecule has 6 nitrogen and oxygen atoms in total. The van der Waals surface area contributed by atoms with Gasteiger partial charge < -0.3 is 20.9 Å². The van der Waals surface area contributed by atoms with Crippen molar-refractivity contribution in [1.29, 1.82) is 0 Å². The Morgan fingerprint density at radius 1 is 1.53 bits per heavy atom. The van der Waals surface area contributed by atoms with Crippen LogP contribution in [0.1, 0.15) is 26.7 Å². The lowest BCUT2D eigenvalue weighted by Crippen LogP contribution is -2.49. The van der Waals surface area contributed by atoms with Crippen molar-refractivity contribution in [2.45, 2.75) is 32.8 Å². The summed E-state index contributed by atoms with van der Waals surface area (Å²) in [5.41, 5.74) is 4.49. The lowest BCUT2D eigenvalue weighted by atomic mass is 9.81. The molecule has 1 aliphatic rings. The van der Waals surface area contributed by atoms with Crippen molar-refractivity contribution in [2.24, 2.45) is 22.2 Å². The number of aliphatic hydroxyl groups is 1. The second-order valence-corrected chi connectivity index (χ2v) is 5.29. The summed E-state index contributed by atoms with van der Waals surface area (Å²) in [7, 11) is 1.69. The van der Waals surface area contributed by atoms with Crippen LogP contribution in [-0.4, -0.2) is 46.7 Å². The summed E-state index contributed by atoms with van der Waals surface area (Å²) in [5, 5.41) is 20.7. The molecule has 0 aliphatic heterocycles. The quantitative estimate of drug-likeness (QED) is 0.280. The number of carbonyl (C=O) groups is 1. The van der Waals surface area contributed by atoms with Gasteiger partial charge in [-0.25, -0.2) is 0 Å². The minimum atomic E-state index is -1.01. The Kier molecular flexibility index (Phi) is 3.98. The number of nitrogens with two attached hydrogens (primary N) is 1. The Bertz CT molecular complexity index is 322. The van der Waals surface area contributed by atoms with Gasteiger partial charge in [0.25, 0.3) is 0 Å². The van der Waals surface area contributed by atoms with Gasteiger partial charge in [-0.05, 0) is 32.6 Å². The van der Waals surface area contributed by atoms with E-state index in [1.807, 2.05) is 0 Å². The van der Waals surface area contributed by atoms with Gasteiger partial charge in [0.2, 0.25) is 5.91 Å². The number of nitrogens with zero attached hydrogens (tertiary/aromatic N) is 2. The number of aliphatic hydroxyl groups excluding tert-OH is 1. The average molecular weight is 243 g/mol. The van der Waals surface area contributed by atoms with E-state index in [4.69, 9.17) is 10.9 Å². The van der Waals surface area contributed by atoms with E-state index in [0.29, 0.717) is 12.5 Å². The first-order chi connectivity index (χ1) is 7.78. The van der Waals surface area contributed by atoms with Crippen LogP contribution >= 0.6 is 0 Å². The van der Waals surface area contributed by atoms with Crippen molar-refractivity contribution in [1.82, 2.24) is 4.90 Å². The summed E-state index contributed by atoms with van der Waals surface area (Å²) in [4.78, 5) is 13.7. The molecule has 0 aromatic carbocycles. The molecule has 0 heterocycles. The van der Waals surface area contributed by atoms with Crippen molar-refractivity contribution >= 4 is 11.7 Å². The number of carbonyl (C=O) groups excluding carboxylic acids is 1. The zero-order chi connectivity index (χ0) is 13.2. The highest BCUT2D eigenvalue weighted by Crippen LogP contribution is 2.29. The van der Waals surface area contributed by atoms with Crippen molar-refractivity contribution in [3.8, 4) is 0 Å². The summed E-state index contributed by atoms with van der Waals surface area (Å²) < 4.78 is 0. The van der Waals surface area contributed by atoms with E-state index in [1.54, 1.807) is 25.8 Å². The van der Waals surface area contributed by atoms with Crippen LogP contribution in [0.5, 0.6) is 0 Å². The molecule has 1 amide bonds. The zero-order valence-corrected chi connectivity index (χ0v) is 10.6. The first-order valence-electron chi connectivity index (χ1n) is 5.70. The largest absolute Gasteiger partial charge is 0.409 e. The first-order valence-corrected chi connectivity index (χ1v) is 5.70. The summed E-state index contributed by atoms with van der Waals surface area (Å²) in [6, 6.07) is 0. The Labute approximate surface area is 101 Å². The molecule has 17 heavy (non-hydrogen) atoms. The van der Waals surface area contributed by atoms with E-state index < -0.39 is 5.41 Å². The monoisotopic (exact) mass is 243 g/mol. The van der Waals surface area contributed by atoms with Crippen molar-refractivity contribution in [3.05, 3.63) is 0 Å². The lowest BCUT2D eigenvalue weighted by molar-refractivity contribution is -0.137. The number of amidine groups is 1. The Morgan fingerprint density at radius 3 is 2.47 bits per heavy atom. The van der Waals surface area contributed by atoms with Gasteiger partial charge in [-0.1, -0.05) is 5.16 Å². The normalized spacial score (nSPS) is 25.3. The van der Waals surface area contributed by atoms with Gasteiger partial charge in [0, 0.05) is 13.6 Å². The third kappa shape index (κ3) is 2.88. The predicted octanol–water partition coefficient (Wildman–Crippen LogP) is -0.0117. The van der Waals surface area contributed by atoms with E-state index in [9.17, 15) is 9.90 Å². The molecule has 1 fully saturated rings. The summed E-state index contributed by atoms with van der Waals surface area (Å²) in [6.45, 7) is 3.84. The fourth-order valence-corrected chi connectivity index (χ4v) is 2.03. The van der Waals surface area contributed by atoms with Crippen molar-refractivity contribution in [2.75, 3.05) is 13.6 Å². The third-order valence-electron chi connectivity index (χ3n) is 3.37. The van der Waals surface area contributed by atoms with Gasteiger partial charge in [-0.2, -0.15) is 0 Å². The molecule has 0 bridgehead atoms. The van der Waals surface area contributed by atoms with Crippen LogP contribution < -0.4 is 5.73 Å². The number of rotatable bonds is 4. The number of amides is 1. The van der Waals surface area contributed by atoms with Crippen LogP contribution in [0, 0.1) is 11.3 Å². The SMILES string of the molecule is CN(CC1CC(O)C1)C(=O)C(C)(C)C(N)=NO. The average Bonchev–Trinajstić information content (AvgIpc) is 2.24. The van der Waals surface area contributed by atoms with Gasteiger partial charge in [-0.15, -0.1) is 0 Å². The Morgan fingerprint density at radius 2 is 2.06 bits per heavy atom. The Hall–Kier alpha value is -1.30. The van der Waals surface area contributed by atoms with Crippen LogP contribution in [0.25, 0.3) is 0 Å². The maximum atomic E-state index is 12.1. The molecule has 0 radical (unpaired) electrons. The van der Waals surface area contributed by atoms with Crippen LogP contribution in [0.4, 0.5) is 0 Å². The van der Waals surface area contributed by atoms with Gasteiger partial charge in [-0.3, -0.25) is 4.79 Å². The molecule has 0 saturated heterocycles. The van der Waals surface area contributed by atoms with Crippen molar-refractivity contribution in [3.63, 3.8) is 0 Å². The molecule has 1 aliphatic carbocycles. The summed E-state index contributed by atoms with van der Waals surface area (Å²) in [6.07, 6.45) is 1.25. The first kappa shape index (κ1) is 13.8. The van der Waals surface area contributed by atoms with E-state index in [2.05, 4.69) is 5.16 Å². The summed E-state index contributed by atoms with van der Waals surface area (Å²) in [5.74, 6) is 0.0687. The van der Waals surface area contributed by atoms with Gasteiger partial charge in [0.05, 0.1) is 6.10 Å². The van der Waals surface area contributed by atoms with E-state index >= 15 is 0 Å². The lowest BCUT2D eigenvalue weighted by Gasteiger charge is -2.36. The van der Waals surface area contributed by atoms with Gasteiger partial charge in [0.1, 0.15) is 5.41 Å². The second-order valence-electron chi connectivity index (χ2n) is 5.29. The predicted molar refractivity (Wildman–Crippen MR) is 63.6 cm³/mol. The smallest absolute Gasteiger partial charge is 0.235 e. The molecule has 0 aromatic heterocycles. The minimum absolute atomic E-state index is 0.0944. The van der Waals surface area contributed by atoms with Crippen LogP contribution in [0.3, 0.4) is 0 Å². The highest BCUT2D eigenvalue weighted by atomic mass is 16.4. The summed E-state index contributed by atoms with van der Waals surface area (Å²) >= 11 is 0. The Balaban J connectivity index is 2.57. The standard InChI is InChI=1S/C11H21N3O3/c1-11(2,9(12)13-17)10(16)14(3)6-7-4-8(15)5-7/h7-8,15,17H,4-6H2,1-3H3,(H2,12,13). The molecule has 0 aromatic rings.